The zero-order chi connectivity index (χ0) is 9.64. The monoisotopic (exact) mass is 205 g/mol. The molecule has 2 heterocycles. The van der Waals surface area contributed by atoms with Crippen LogP contribution in [-0.4, -0.2) is 42.1 Å². The molecular weight excluding hydrogens is 194 g/mol. The van der Waals surface area contributed by atoms with Gasteiger partial charge in [0.25, 0.3) is 0 Å². The average molecular weight is 205 g/mol. The number of aliphatic carboxylic acids is 1. The molecule has 0 amide bonds. The molecule has 2 bridgehead atoms. The SMILES string of the molecule is O=C(O)[C@@H]1[C@H]2CCCN(C2)S1(=O)=O. The molecule has 6 heteroatoms. The average Bonchev–Trinajstić information content (AvgIpc) is 2.19. The number of carbonyl (C=O) groups is 1. The van der Waals surface area contributed by atoms with Crippen molar-refractivity contribution in [3.05, 3.63) is 0 Å². The molecule has 2 fully saturated rings. The van der Waals surface area contributed by atoms with Crippen LogP contribution in [0.3, 0.4) is 0 Å². The quantitative estimate of drug-likeness (QED) is 0.626. The van der Waals surface area contributed by atoms with E-state index < -0.39 is 21.2 Å². The van der Waals surface area contributed by atoms with Crippen LogP contribution >= 0.6 is 0 Å². The van der Waals surface area contributed by atoms with Crippen LogP contribution in [-0.2, 0) is 14.8 Å². The zero-order valence-electron chi connectivity index (χ0n) is 7.01. The maximum Gasteiger partial charge on any atom is 0.323 e. The fourth-order valence-corrected chi connectivity index (χ4v) is 4.25. The van der Waals surface area contributed by atoms with Gasteiger partial charge in [0.2, 0.25) is 10.0 Å². The smallest absolute Gasteiger partial charge is 0.323 e. The van der Waals surface area contributed by atoms with Gasteiger partial charge in [-0.1, -0.05) is 0 Å². The lowest BCUT2D eigenvalue weighted by Gasteiger charge is -2.18. The number of hydrogen-bond donors (Lipinski definition) is 1. The molecule has 0 saturated carbocycles. The third-order valence-corrected chi connectivity index (χ3v) is 5.05. The number of sulfonamides is 1. The van der Waals surface area contributed by atoms with Gasteiger partial charge in [-0.15, -0.1) is 0 Å². The summed E-state index contributed by atoms with van der Waals surface area (Å²) >= 11 is 0. The van der Waals surface area contributed by atoms with Gasteiger partial charge in [-0.25, -0.2) is 12.7 Å². The van der Waals surface area contributed by atoms with E-state index in [1.165, 1.54) is 4.31 Å². The van der Waals surface area contributed by atoms with Crippen molar-refractivity contribution in [3.63, 3.8) is 0 Å². The second-order valence-electron chi connectivity index (χ2n) is 3.56. The predicted octanol–water partition coefficient (Wildman–Crippen LogP) is -0.505. The van der Waals surface area contributed by atoms with Crippen LogP contribution in [0, 0.1) is 5.92 Å². The molecule has 13 heavy (non-hydrogen) atoms. The Bertz CT molecular complexity index is 336. The van der Waals surface area contributed by atoms with Crippen molar-refractivity contribution in [2.24, 2.45) is 5.92 Å². The van der Waals surface area contributed by atoms with Gasteiger partial charge < -0.3 is 5.11 Å². The molecule has 1 unspecified atom stereocenters. The fraction of sp³-hybridized carbons (Fsp3) is 0.857. The summed E-state index contributed by atoms with van der Waals surface area (Å²) < 4.78 is 24.4. The Kier molecular flexibility index (Phi) is 1.85. The number of piperidine rings is 1. The van der Waals surface area contributed by atoms with E-state index >= 15 is 0 Å². The number of hydrogen-bond acceptors (Lipinski definition) is 3. The van der Waals surface area contributed by atoms with Crippen molar-refractivity contribution in [2.75, 3.05) is 13.1 Å². The summed E-state index contributed by atoms with van der Waals surface area (Å²) in [5.74, 6) is -1.40. The highest BCUT2D eigenvalue weighted by Crippen LogP contribution is 2.34. The normalized spacial score (nSPS) is 41.7. The van der Waals surface area contributed by atoms with E-state index in [1.807, 2.05) is 0 Å². The van der Waals surface area contributed by atoms with Gasteiger partial charge >= 0.3 is 5.97 Å². The minimum Gasteiger partial charge on any atom is -0.480 e. The summed E-state index contributed by atoms with van der Waals surface area (Å²) in [4.78, 5) is 10.8. The van der Waals surface area contributed by atoms with Gasteiger partial charge in [-0.05, 0) is 12.8 Å². The number of carboxylic acids is 1. The summed E-state index contributed by atoms with van der Waals surface area (Å²) in [6.45, 7) is 0.891. The maximum absolute atomic E-state index is 11.6. The molecule has 0 aromatic rings. The van der Waals surface area contributed by atoms with Crippen LogP contribution in [0.15, 0.2) is 0 Å². The molecular formula is C7H11NO4S. The Labute approximate surface area is 76.4 Å². The van der Waals surface area contributed by atoms with Crippen molar-refractivity contribution >= 4 is 16.0 Å². The van der Waals surface area contributed by atoms with Crippen molar-refractivity contribution < 1.29 is 18.3 Å². The summed E-state index contributed by atoms with van der Waals surface area (Å²) in [7, 11) is -3.53. The third kappa shape index (κ3) is 1.16. The largest absolute Gasteiger partial charge is 0.480 e. The molecule has 0 aliphatic carbocycles. The first-order chi connectivity index (χ1) is 6.03. The maximum atomic E-state index is 11.6. The second kappa shape index (κ2) is 2.68. The van der Waals surface area contributed by atoms with Gasteiger partial charge in [-0.3, -0.25) is 4.79 Å². The molecule has 0 aromatic heterocycles. The summed E-state index contributed by atoms with van der Waals surface area (Å²) in [6, 6.07) is 0. The van der Waals surface area contributed by atoms with E-state index in [2.05, 4.69) is 0 Å². The standard InChI is InChI=1S/C7H11NO4S/c9-7(10)6-5-2-1-3-8(4-5)13(6,11)12/h5-6H,1-4H2,(H,9,10)/t5-,6-/m0/s1. The van der Waals surface area contributed by atoms with Gasteiger partial charge in [-0.2, -0.15) is 0 Å². The lowest BCUT2D eigenvalue weighted by atomic mass is 9.96. The predicted molar refractivity (Wildman–Crippen MR) is 44.6 cm³/mol. The molecule has 2 aliphatic rings. The van der Waals surface area contributed by atoms with Crippen LogP contribution in [0.4, 0.5) is 0 Å². The zero-order valence-corrected chi connectivity index (χ0v) is 7.83. The van der Waals surface area contributed by atoms with E-state index in [-0.39, 0.29) is 5.92 Å². The Hall–Kier alpha value is -0.620. The fourth-order valence-electron chi connectivity index (χ4n) is 2.19. The Morgan fingerprint density at radius 1 is 1.46 bits per heavy atom. The summed E-state index contributed by atoms with van der Waals surface area (Å²) in [5.41, 5.74) is 0. The minimum absolute atomic E-state index is 0.198. The molecule has 2 saturated heterocycles. The Morgan fingerprint density at radius 2 is 2.15 bits per heavy atom. The Morgan fingerprint density at radius 3 is 2.69 bits per heavy atom. The van der Waals surface area contributed by atoms with Crippen molar-refractivity contribution in [3.8, 4) is 0 Å². The van der Waals surface area contributed by atoms with Crippen molar-refractivity contribution in [2.45, 2.75) is 18.1 Å². The lowest BCUT2D eigenvalue weighted by Crippen LogP contribution is -2.33. The third-order valence-electron chi connectivity index (χ3n) is 2.77. The number of nitrogens with zero attached hydrogens (tertiary/aromatic N) is 1. The highest BCUT2D eigenvalue weighted by atomic mass is 32.2. The number of rotatable bonds is 1. The number of carboxylic acid groups (broad SMARTS) is 1. The van der Waals surface area contributed by atoms with Crippen LogP contribution in [0.1, 0.15) is 12.8 Å². The van der Waals surface area contributed by atoms with Crippen molar-refractivity contribution in [1.29, 1.82) is 0 Å². The first-order valence-corrected chi connectivity index (χ1v) is 5.75. The molecule has 2 aliphatic heterocycles. The van der Waals surface area contributed by atoms with E-state index in [0.29, 0.717) is 19.5 Å². The first kappa shape index (κ1) is 8.96. The molecule has 3 atom stereocenters. The molecule has 5 nitrogen and oxygen atoms in total. The van der Waals surface area contributed by atoms with Crippen LogP contribution in [0.5, 0.6) is 0 Å². The molecule has 2 rings (SSSR count). The molecule has 0 aromatic carbocycles. The molecule has 74 valence electrons. The van der Waals surface area contributed by atoms with Crippen molar-refractivity contribution in [1.82, 2.24) is 4.31 Å². The molecule has 0 spiro atoms. The van der Waals surface area contributed by atoms with Crippen LogP contribution in [0.2, 0.25) is 0 Å². The van der Waals surface area contributed by atoms with Gasteiger partial charge in [0.1, 0.15) is 0 Å². The lowest BCUT2D eigenvalue weighted by molar-refractivity contribution is -0.137. The minimum atomic E-state index is -3.53. The Balaban J connectivity index is 2.42. The second-order valence-corrected chi connectivity index (χ2v) is 5.62. The summed E-state index contributed by atoms with van der Waals surface area (Å²) in [5, 5.41) is 7.60. The van der Waals surface area contributed by atoms with Crippen LogP contribution < -0.4 is 0 Å². The molecule has 0 radical (unpaired) electrons. The topological polar surface area (TPSA) is 74.7 Å². The van der Waals surface area contributed by atoms with Gasteiger partial charge in [0, 0.05) is 19.0 Å². The van der Waals surface area contributed by atoms with E-state index in [4.69, 9.17) is 5.11 Å². The van der Waals surface area contributed by atoms with E-state index in [1.54, 1.807) is 0 Å². The molecule has 1 N–H and O–H groups in total. The first-order valence-electron chi connectivity index (χ1n) is 4.25. The van der Waals surface area contributed by atoms with E-state index in [9.17, 15) is 13.2 Å². The van der Waals surface area contributed by atoms with Gasteiger partial charge in [0.05, 0.1) is 0 Å². The van der Waals surface area contributed by atoms with Gasteiger partial charge in [0.15, 0.2) is 5.25 Å². The summed E-state index contributed by atoms with van der Waals surface area (Å²) in [6.07, 6.45) is 1.50. The highest BCUT2D eigenvalue weighted by molar-refractivity contribution is 7.90. The number of fused-ring (bicyclic) bond motifs is 2. The highest BCUT2D eigenvalue weighted by Gasteiger charge is 2.51. The van der Waals surface area contributed by atoms with E-state index in [0.717, 1.165) is 6.42 Å². The van der Waals surface area contributed by atoms with Crippen LogP contribution in [0.25, 0.3) is 0 Å².